The molecule has 1 heteroatoms. The summed E-state index contributed by atoms with van der Waals surface area (Å²) in [6, 6.07) is 0. The molecule has 0 aromatic heterocycles. The van der Waals surface area contributed by atoms with Crippen molar-refractivity contribution in [1.29, 1.82) is 0 Å². The van der Waals surface area contributed by atoms with Gasteiger partial charge in [-0.3, -0.25) is 0 Å². The fraction of sp³-hybridized carbons (Fsp3) is 0.714. The Kier molecular flexibility index (Phi) is 7.96. The molecule has 0 amide bonds. The van der Waals surface area contributed by atoms with Gasteiger partial charge in [-0.05, 0) is 0 Å². The Morgan fingerprint density at radius 1 is 1.50 bits per heavy atom. The third-order valence-corrected chi connectivity index (χ3v) is 3.30. The molecular weight excluding hydrogens is 285 g/mol. The Labute approximate surface area is 64.5 Å². The zero-order valence-electron chi connectivity index (χ0n) is 5.83. The van der Waals surface area contributed by atoms with Crippen LogP contribution in [0, 0.1) is 9.35 Å². The summed E-state index contributed by atoms with van der Waals surface area (Å²) in [6.45, 7) is 2.21. The van der Waals surface area contributed by atoms with Gasteiger partial charge in [0.2, 0.25) is 0 Å². The molecule has 42 valence electrons. The quantitative estimate of drug-likeness (QED) is 0.417. The van der Waals surface area contributed by atoms with Gasteiger partial charge >= 0.3 is 64.5 Å². The van der Waals surface area contributed by atoms with Crippen LogP contribution >= 0.6 is 0 Å². The summed E-state index contributed by atoms with van der Waals surface area (Å²) in [7, 11) is 0. The minimum atomic E-state index is -0.562. The molecule has 0 unspecified atom stereocenters. The Morgan fingerprint density at radius 3 is 2.75 bits per heavy atom. The van der Waals surface area contributed by atoms with Gasteiger partial charge in [-0.1, -0.05) is 0 Å². The molecule has 0 N–H and O–H groups in total. The van der Waals surface area contributed by atoms with Crippen molar-refractivity contribution in [2.24, 2.45) is 0 Å². The molecule has 0 rings (SSSR count). The number of hydrogen-bond acceptors (Lipinski definition) is 0. The van der Waals surface area contributed by atoms with Crippen LogP contribution in [-0.4, -0.2) is 0 Å². The second-order valence-corrected chi connectivity index (χ2v) is 5.93. The SMILES string of the molecule is CCCCC#[C][Hg][CH3]. The first-order chi connectivity index (χ1) is 3.91. The van der Waals surface area contributed by atoms with Crippen LogP contribution in [0.2, 0.25) is 4.43 Å². The molecule has 0 radical (unpaired) electrons. The Hall–Kier alpha value is 0.495. The molecule has 8 heavy (non-hydrogen) atoms. The van der Waals surface area contributed by atoms with E-state index in [9.17, 15) is 0 Å². The summed E-state index contributed by atoms with van der Waals surface area (Å²) >= 11 is -0.562. The van der Waals surface area contributed by atoms with Gasteiger partial charge in [0.1, 0.15) is 0 Å². The Bertz CT molecular complexity index is 86.3. The topological polar surface area (TPSA) is 0 Å². The van der Waals surface area contributed by atoms with Crippen LogP contribution in [-0.2, 0) is 24.6 Å². The first-order valence-corrected chi connectivity index (χ1v) is 11.6. The maximum absolute atomic E-state index is 3.26. The molecular formula is C7H12Hg. The second-order valence-electron chi connectivity index (χ2n) is 1.81. The average molecular weight is 297 g/mol. The molecule has 0 saturated heterocycles. The van der Waals surface area contributed by atoms with E-state index in [1.165, 1.54) is 12.8 Å². The molecule has 0 aliphatic rings. The number of rotatable bonds is 2. The molecule has 0 atom stereocenters. The van der Waals surface area contributed by atoms with Crippen LogP contribution in [0.5, 0.6) is 0 Å². The molecule has 0 aliphatic heterocycles. The molecule has 0 saturated carbocycles. The zero-order chi connectivity index (χ0) is 6.24. The van der Waals surface area contributed by atoms with E-state index >= 15 is 0 Å². The van der Waals surface area contributed by atoms with E-state index in [2.05, 4.69) is 20.7 Å². The molecule has 0 nitrogen and oxygen atoms in total. The normalized spacial score (nSPS) is 6.75. The van der Waals surface area contributed by atoms with Gasteiger partial charge in [-0.15, -0.1) is 0 Å². The van der Waals surface area contributed by atoms with Gasteiger partial charge in [0.15, 0.2) is 0 Å². The predicted molar refractivity (Wildman–Crippen MR) is 33.2 cm³/mol. The third-order valence-electron chi connectivity index (χ3n) is 0.957. The van der Waals surface area contributed by atoms with E-state index < -0.39 is 24.6 Å². The summed E-state index contributed by atoms with van der Waals surface area (Å²) in [5.74, 6) is 3.18. The van der Waals surface area contributed by atoms with Crippen LogP contribution in [0.25, 0.3) is 0 Å². The molecule has 0 heterocycles. The summed E-state index contributed by atoms with van der Waals surface area (Å²) in [5, 5.41) is 0. The Morgan fingerprint density at radius 2 is 2.25 bits per heavy atom. The summed E-state index contributed by atoms with van der Waals surface area (Å²) in [6.07, 6.45) is 3.72. The van der Waals surface area contributed by atoms with Crippen molar-refractivity contribution in [2.45, 2.75) is 30.6 Å². The van der Waals surface area contributed by atoms with Gasteiger partial charge in [-0.2, -0.15) is 0 Å². The summed E-state index contributed by atoms with van der Waals surface area (Å²) in [4.78, 5) is 0. The van der Waals surface area contributed by atoms with E-state index in [1.54, 1.807) is 0 Å². The summed E-state index contributed by atoms with van der Waals surface area (Å²) < 4.78 is 5.56. The van der Waals surface area contributed by atoms with E-state index in [0.717, 1.165) is 6.42 Å². The average Bonchev–Trinajstić information content (AvgIpc) is 1.81. The molecule has 0 aromatic carbocycles. The van der Waals surface area contributed by atoms with Gasteiger partial charge in [-0.25, -0.2) is 0 Å². The summed E-state index contributed by atoms with van der Waals surface area (Å²) in [5.41, 5.74) is 0. The Balaban J connectivity index is 2.90. The van der Waals surface area contributed by atoms with E-state index in [1.807, 2.05) is 0 Å². The fourth-order valence-corrected chi connectivity index (χ4v) is 2.14. The minimum absolute atomic E-state index is 0.562. The van der Waals surface area contributed by atoms with Crippen LogP contribution < -0.4 is 0 Å². The van der Waals surface area contributed by atoms with Crippen molar-refractivity contribution in [3.05, 3.63) is 0 Å². The molecule has 0 aliphatic carbocycles. The molecule has 0 spiro atoms. The van der Waals surface area contributed by atoms with Crippen LogP contribution in [0.1, 0.15) is 26.2 Å². The van der Waals surface area contributed by atoms with Crippen LogP contribution in [0.3, 0.4) is 0 Å². The van der Waals surface area contributed by atoms with E-state index in [-0.39, 0.29) is 0 Å². The van der Waals surface area contributed by atoms with E-state index in [4.69, 9.17) is 0 Å². The molecule has 0 bridgehead atoms. The van der Waals surface area contributed by atoms with Crippen LogP contribution in [0.15, 0.2) is 0 Å². The monoisotopic (exact) mass is 298 g/mol. The van der Waals surface area contributed by atoms with Crippen LogP contribution in [0.4, 0.5) is 0 Å². The fourth-order valence-electron chi connectivity index (χ4n) is 0.479. The standard InChI is InChI=1S/C6H9.CH3.Hg/c1-3-5-6-4-2;;/h3,5-6H2,1H3;1H3;. The van der Waals surface area contributed by atoms with Gasteiger partial charge in [0.05, 0.1) is 0 Å². The second kappa shape index (κ2) is 7.50. The zero-order valence-corrected chi connectivity index (χ0v) is 11.3. The van der Waals surface area contributed by atoms with Crippen molar-refractivity contribution < 1.29 is 24.6 Å². The van der Waals surface area contributed by atoms with Crippen molar-refractivity contribution in [1.82, 2.24) is 0 Å². The van der Waals surface area contributed by atoms with Gasteiger partial charge in [0.25, 0.3) is 0 Å². The molecule has 0 fully saturated rings. The van der Waals surface area contributed by atoms with Crippen molar-refractivity contribution in [2.75, 3.05) is 0 Å². The van der Waals surface area contributed by atoms with Crippen molar-refractivity contribution in [3.63, 3.8) is 0 Å². The number of unbranched alkanes of at least 4 members (excludes halogenated alkanes) is 2. The van der Waals surface area contributed by atoms with Crippen molar-refractivity contribution in [3.8, 4) is 9.35 Å². The van der Waals surface area contributed by atoms with Gasteiger partial charge < -0.3 is 0 Å². The van der Waals surface area contributed by atoms with Crippen molar-refractivity contribution >= 4 is 0 Å². The predicted octanol–water partition coefficient (Wildman–Crippen LogP) is 2.27. The third kappa shape index (κ3) is 6.50. The first kappa shape index (κ1) is 8.50. The van der Waals surface area contributed by atoms with Gasteiger partial charge in [0, 0.05) is 0 Å². The number of hydrogen-bond donors (Lipinski definition) is 0. The maximum atomic E-state index is 3.26. The first-order valence-electron chi connectivity index (χ1n) is 3.37. The van der Waals surface area contributed by atoms with E-state index in [0.29, 0.717) is 0 Å². The molecule has 0 aromatic rings.